The first-order valence-electron chi connectivity index (χ1n) is 4.70. The molecule has 1 aromatic rings. The van der Waals surface area contributed by atoms with Crippen LogP contribution >= 0.6 is 0 Å². The predicted molar refractivity (Wildman–Crippen MR) is 55.3 cm³/mol. The standard InChI is InChI=1S/C11H12N2O2/c12-8-4-5-9-13-11(14)15-10-6-2-1-3-7-10/h1-3,6-7H,4-5,9H2,(H,13,14). The van der Waals surface area contributed by atoms with Crippen LogP contribution in [0, 0.1) is 11.3 Å². The lowest BCUT2D eigenvalue weighted by Gasteiger charge is -2.04. The highest BCUT2D eigenvalue weighted by molar-refractivity contribution is 5.70. The van der Waals surface area contributed by atoms with Gasteiger partial charge in [0.1, 0.15) is 5.75 Å². The molecule has 0 saturated heterocycles. The first-order valence-corrected chi connectivity index (χ1v) is 4.70. The molecule has 78 valence electrons. The molecule has 0 heterocycles. The van der Waals surface area contributed by atoms with Crippen LogP contribution < -0.4 is 10.1 Å². The first kappa shape index (κ1) is 11.1. The zero-order chi connectivity index (χ0) is 10.9. The Morgan fingerprint density at radius 2 is 2.13 bits per heavy atom. The van der Waals surface area contributed by atoms with Crippen molar-refractivity contribution in [2.75, 3.05) is 6.54 Å². The summed E-state index contributed by atoms with van der Waals surface area (Å²) in [6.45, 7) is 0.458. The maximum Gasteiger partial charge on any atom is 0.412 e. The van der Waals surface area contributed by atoms with E-state index >= 15 is 0 Å². The first-order chi connectivity index (χ1) is 7.33. The molecule has 0 saturated carbocycles. The molecular formula is C11H12N2O2. The Hall–Kier alpha value is -2.02. The van der Waals surface area contributed by atoms with E-state index in [9.17, 15) is 4.79 Å². The molecule has 0 aromatic heterocycles. The fraction of sp³-hybridized carbons (Fsp3) is 0.273. The number of ether oxygens (including phenoxy) is 1. The lowest BCUT2D eigenvalue weighted by molar-refractivity contribution is 0.200. The van der Waals surface area contributed by atoms with Gasteiger partial charge >= 0.3 is 6.09 Å². The van der Waals surface area contributed by atoms with Gasteiger partial charge in [0.25, 0.3) is 0 Å². The van der Waals surface area contributed by atoms with E-state index in [1.807, 2.05) is 12.1 Å². The quantitative estimate of drug-likeness (QED) is 0.764. The van der Waals surface area contributed by atoms with E-state index in [2.05, 4.69) is 5.32 Å². The topological polar surface area (TPSA) is 62.1 Å². The summed E-state index contributed by atoms with van der Waals surface area (Å²) in [7, 11) is 0. The van der Waals surface area contributed by atoms with Crippen LogP contribution in [0.5, 0.6) is 5.75 Å². The Morgan fingerprint density at radius 1 is 1.40 bits per heavy atom. The molecule has 15 heavy (non-hydrogen) atoms. The van der Waals surface area contributed by atoms with Gasteiger partial charge in [-0.3, -0.25) is 0 Å². The van der Waals surface area contributed by atoms with Crippen LogP contribution in [0.25, 0.3) is 0 Å². The number of carbonyl (C=O) groups excluding carboxylic acids is 1. The van der Waals surface area contributed by atoms with Crippen molar-refractivity contribution in [2.24, 2.45) is 0 Å². The number of hydrogen-bond donors (Lipinski definition) is 1. The molecule has 4 heteroatoms. The Morgan fingerprint density at radius 3 is 2.80 bits per heavy atom. The normalized spacial score (nSPS) is 9.00. The van der Waals surface area contributed by atoms with Crippen LogP contribution in [0.1, 0.15) is 12.8 Å². The fourth-order valence-corrected chi connectivity index (χ4v) is 0.990. The van der Waals surface area contributed by atoms with E-state index in [0.717, 1.165) is 0 Å². The molecule has 0 atom stereocenters. The molecule has 0 aliphatic rings. The third-order valence-electron chi connectivity index (χ3n) is 1.69. The zero-order valence-electron chi connectivity index (χ0n) is 8.27. The Bertz CT molecular complexity index is 343. The van der Waals surface area contributed by atoms with Gasteiger partial charge < -0.3 is 10.1 Å². The number of nitrogens with zero attached hydrogens (tertiary/aromatic N) is 1. The van der Waals surface area contributed by atoms with Crippen molar-refractivity contribution in [3.63, 3.8) is 0 Å². The Kier molecular flexibility index (Phi) is 4.74. The molecule has 0 aliphatic carbocycles. The van der Waals surface area contributed by atoms with Gasteiger partial charge in [-0.25, -0.2) is 4.79 Å². The summed E-state index contributed by atoms with van der Waals surface area (Å²) in [5, 5.41) is 10.8. The second-order valence-electron chi connectivity index (χ2n) is 2.89. The highest BCUT2D eigenvalue weighted by Crippen LogP contribution is 2.07. The van der Waals surface area contributed by atoms with E-state index in [1.165, 1.54) is 0 Å². The number of unbranched alkanes of at least 4 members (excludes halogenated alkanes) is 1. The van der Waals surface area contributed by atoms with Crippen LogP contribution in [0.4, 0.5) is 4.79 Å². The van der Waals surface area contributed by atoms with Gasteiger partial charge in [-0.1, -0.05) is 18.2 Å². The van der Waals surface area contributed by atoms with Crippen molar-refractivity contribution < 1.29 is 9.53 Å². The minimum Gasteiger partial charge on any atom is -0.410 e. The van der Waals surface area contributed by atoms with Crippen molar-refractivity contribution in [2.45, 2.75) is 12.8 Å². The summed E-state index contributed by atoms with van der Waals surface area (Å²) in [6, 6.07) is 10.8. The highest BCUT2D eigenvalue weighted by atomic mass is 16.5. The number of benzene rings is 1. The molecule has 4 nitrogen and oxygen atoms in total. The van der Waals surface area contributed by atoms with Crippen molar-refractivity contribution >= 4 is 6.09 Å². The average Bonchev–Trinajstić information content (AvgIpc) is 2.26. The monoisotopic (exact) mass is 204 g/mol. The lowest BCUT2D eigenvalue weighted by Crippen LogP contribution is -2.27. The minimum absolute atomic E-state index is 0.436. The maximum absolute atomic E-state index is 11.2. The number of hydrogen-bond acceptors (Lipinski definition) is 3. The second-order valence-corrected chi connectivity index (χ2v) is 2.89. The van der Waals surface area contributed by atoms with Crippen LogP contribution in [0.3, 0.4) is 0 Å². The molecule has 0 radical (unpaired) electrons. The molecule has 1 amide bonds. The molecule has 0 fully saturated rings. The van der Waals surface area contributed by atoms with Crippen LogP contribution in [-0.2, 0) is 0 Å². The van der Waals surface area contributed by atoms with Gasteiger partial charge in [0.15, 0.2) is 0 Å². The van der Waals surface area contributed by atoms with Gasteiger partial charge in [-0.05, 0) is 18.6 Å². The van der Waals surface area contributed by atoms with E-state index in [4.69, 9.17) is 10.00 Å². The van der Waals surface area contributed by atoms with E-state index < -0.39 is 6.09 Å². The molecular weight excluding hydrogens is 192 g/mol. The van der Waals surface area contributed by atoms with E-state index in [0.29, 0.717) is 25.1 Å². The van der Waals surface area contributed by atoms with Gasteiger partial charge in [-0.15, -0.1) is 0 Å². The summed E-state index contributed by atoms with van der Waals surface area (Å²) in [5.74, 6) is 0.510. The van der Waals surface area contributed by atoms with Crippen LogP contribution in [0.2, 0.25) is 0 Å². The van der Waals surface area contributed by atoms with E-state index in [-0.39, 0.29) is 0 Å². The number of nitriles is 1. The number of nitrogens with one attached hydrogen (secondary N) is 1. The summed E-state index contributed by atoms with van der Waals surface area (Å²) < 4.78 is 4.96. The minimum atomic E-state index is -0.487. The number of carbonyl (C=O) groups is 1. The van der Waals surface area contributed by atoms with E-state index in [1.54, 1.807) is 24.3 Å². The van der Waals surface area contributed by atoms with Crippen molar-refractivity contribution in [3.05, 3.63) is 30.3 Å². The smallest absolute Gasteiger partial charge is 0.410 e. The lowest BCUT2D eigenvalue weighted by atomic mass is 10.3. The Labute approximate surface area is 88.5 Å². The predicted octanol–water partition coefficient (Wildman–Crippen LogP) is 2.08. The average molecular weight is 204 g/mol. The molecule has 0 unspecified atom stereocenters. The van der Waals surface area contributed by atoms with Crippen LogP contribution in [-0.4, -0.2) is 12.6 Å². The third kappa shape index (κ3) is 4.67. The third-order valence-corrected chi connectivity index (χ3v) is 1.69. The Balaban J connectivity index is 2.22. The van der Waals surface area contributed by atoms with Gasteiger partial charge in [0, 0.05) is 13.0 Å². The summed E-state index contributed by atoms with van der Waals surface area (Å²) in [5.41, 5.74) is 0. The maximum atomic E-state index is 11.2. The SMILES string of the molecule is N#CCCCNC(=O)Oc1ccccc1. The van der Waals surface area contributed by atoms with Crippen molar-refractivity contribution in [1.29, 1.82) is 5.26 Å². The zero-order valence-corrected chi connectivity index (χ0v) is 8.27. The number of rotatable bonds is 4. The largest absolute Gasteiger partial charge is 0.412 e. The van der Waals surface area contributed by atoms with Gasteiger partial charge in [0.05, 0.1) is 6.07 Å². The number of amides is 1. The van der Waals surface area contributed by atoms with Crippen molar-refractivity contribution in [3.8, 4) is 11.8 Å². The van der Waals surface area contributed by atoms with Crippen LogP contribution in [0.15, 0.2) is 30.3 Å². The van der Waals surface area contributed by atoms with Gasteiger partial charge in [-0.2, -0.15) is 5.26 Å². The van der Waals surface area contributed by atoms with Gasteiger partial charge in [0.2, 0.25) is 0 Å². The summed E-state index contributed by atoms with van der Waals surface area (Å²) in [6.07, 6.45) is 0.588. The molecule has 1 N–H and O–H groups in total. The number of para-hydroxylation sites is 1. The molecule has 0 bridgehead atoms. The molecule has 1 aromatic carbocycles. The molecule has 0 aliphatic heterocycles. The fourth-order valence-electron chi connectivity index (χ4n) is 0.990. The summed E-state index contributed by atoms with van der Waals surface area (Å²) in [4.78, 5) is 11.2. The highest BCUT2D eigenvalue weighted by Gasteiger charge is 2.01. The second kappa shape index (κ2) is 6.44. The molecule has 1 rings (SSSR count). The summed E-state index contributed by atoms with van der Waals surface area (Å²) >= 11 is 0. The van der Waals surface area contributed by atoms with Crippen molar-refractivity contribution in [1.82, 2.24) is 5.32 Å². The molecule has 0 spiro atoms.